The Kier molecular flexibility index (Phi) is 5.27. The van der Waals surface area contributed by atoms with Gasteiger partial charge < -0.3 is 4.42 Å². The van der Waals surface area contributed by atoms with Crippen LogP contribution in [-0.2, 0) is 26.2 Å². The van der Waals surface area contributed by atoms with Crippen LogP contribution in [0.2, 0.25) is 0 Å². The second-order valence-corrected chi connectivity index (χ2v) is 7.48. The summed E-state index contributed by atoms with van der Waals surface area (Å²) in [6.07, 6.45) is 5.25. The summed E-state index contributed by atoms with van der Waals surface area (Å²) in [7, 11) is 0. The monoisotopic (exact) mass is 382 g/mol. The van der Waals surface area contributed by atoms with Crippen molar-refractivity contribution in [1.82, 2.24) is 19.2 Å². The van der Waals surface area contributed by atoms with Crippen molar-refractivity contribution in [3.05, 3.63) is 58.6 Å². The highest BCUT2D eigenvalue weighted by molar-refractivity contribution is 7.71. The van der Waals surface area contributed by atoms with E-state index < -0.39 is 0 Å². The Morgan fingerprint density at radius 2 is 1.89 bits per heavy atom. The lowest BCUT2D eigenvalue weighted by Crippen LogP contribution is -2.29. The van der Waals surface area contributed by atoms with Crippen molar-refractivity contribution in [1.29, 1.82) is 0 Å². The summed E-state index contributed by atoms with van der Waals surface area (Å²) < 4.78 is 10.3. The van der Waals surface area contributed by atoms with E-state index in [1.807, 2.05) is 21.4 Å². The molecule has 5 nitrogen and oxygen atoms in total. The first-order chi connectivity index (χ1) is 13.2. The zero-order valence-electron chi connectivity index (χ0n) is 16.0. The van der Waals surface area contributed by atoms with Gasteiger partial charge in [0.1, 0.15) is 0 Å². The fourth-order valence-corrected chi connectivity index (χ4v) is 3.74. The van der Waals surface area contributed by atoms with Crippen LogP contribution in [0.5, 0.6) is 0 Å². The van der Waals surface area contributed by atoms with Crippen molar-refractivity contribution >= 4 is 12.2 Å². The summed E-state index contributed by atoms with van der Waals surface area (Å²) in [6, 6.07) is 13.4. The van der Waals surface area contributed by atoms with Crippen molar-refractivity contribution in [3.63, 3.8) is 0 Å². The number of aromatic nitrogens is 3. The Hall–Kier alpha value is -2.18. The molecule has 0 atom stereocenters. The maximum Gasteiger partial charge on any atom is 0.199 e. The lowest BCUT2D eigenvalue weighted by molar-refractivity contribution is 0.186. The number of aryl methyl sites for hydroxylation is 1. The lowest BCUT2D eigenvalue weighted by atomic mass is 10.1. The molecule has 1 aliphatic rings. The van der Waals surface area contributed by atoms with Gasteiger partial charge in [0.25, 0.3) is 0 Å². The van der Waals surface area contributed by atoms with E-state index in [4.69, 9.17) is 21.7 Å². The van der Waals surface area contributed by atoms with Gasteiger partial charge in [0.2, 0.25) is 0 Å². The van der Waals surface area contributed by atoms with Gasteiger partial charge in [0.15, 0.2) is 16.4 Å². The Bertz CT molecular complexity index is 936. The molecule has 0 radical (unpaired) electrons. The van der Waals surface area contributed by atoms with Gasteiger partial charge >= 0.3 is 0 Å². The number of nitrogens with zero attached hydrogens (tertiary/aromatic N) is 4. The van der Waals surface area contributed by atoms with Crippen LogP contribution in [0, 0.1) is 4.77 Å². The van der Waals surface area contributed by atoms with E-state index >= 15 is 0 Å². The lowest BCUT2D eigenvalue weighted by Gasteiger charge is -2.22. The van der Waals surface area contributed by atoms with Crippen LogP contribution in [0.1, 0.15) is 37.8 Å². The fourth-order valence-electron chi connectivity index (χ4n) is 3.43. The molecule has 0 bridgehead atoms. The minimum Gasteiger partial charge on any atom is -0.461 e. The third kappa shape index (κ3) is 3.92. The topological polar surface area (TPSA) is 39.1 Å². The van der Waals surface area contributed by atoms with Crippen molar-refractivity contribution in [2.45, 2.75) is 58.9 Å². The molecule has 2 heterocycles. The zero-order valence-corrected chi connectivity index (χ0v) is 16.8. The number of furan rings is 1. The normalized spacial score (nSPS) is 14.2. The first-order valence-electron chi connectivity index (χ1n) is 9.73. The Morgan fingerprint density at radius 3 is 2.48 bits per heavy atom. The van der Waals surface area contributed by atoms with Crippen LogP contribution in [0.3, 0.4) is 0 Å². The standard InChI is InChI=1S/C21H26N4OS/c1-3-16-7-9-17(10-8-16)14-23(18-11-12-18)15-25-21(27)24(4-2)20(22-25)19-6-5-13-26-19/h5-10,13,18H,3-4,11-12,14-15H2,1-2H3. The maximum atomic E-state index is 5.70. The summed E-state index contributed by atoms with van der Waals surface area (Å²) in [5, 5.41) is 4.78. The van der Waals surface area contributed by atoms with Gasteiger partial charge in [-0.25, -0.2) is 4.68 Å². The molecule has 3 aromatic rings. The SMILES string of the molecule is CCc1ccc(CN(Cn2nc(-c3ccco3)n(CC)c2=S)C2CC2)cc1. The molecule has 0 N–H and O–H groups in total. The van der Waals surface area contributed by atoms with E-state index in [1.165, 1.54) is 24.0 Å². The van der Waals surface area contributed by atoms with Gasteiger partial charge in [-0.1, -0.05) is 31.2 Å². The van der Waals surface area contributed by atoms with E-state index in [-0.39, 0.29) is 0 Å². The van der Waals surface area contributed by atoms with E-state index in [1.54, 1.807) is 6.26 Å². The molecule has 2 aromatic heterocycles. The molecule has 4 rings (SSSR count). The number of benzene rings is 1. The third-order valence-electron chi connectivity index (χ3n) is 5.18. The number of hydrogen-bond donors (Lipinski definition) is 0. The molecule has 0 amide bonds. The molecule has 0 saturated heterocycles. The molecule has 1 aliphatic carbocycles. The number of rotatable bonds is 8. The molecule has 1 fully saturated rings. The molecule has 0 unspecified atom stereocenters. The highest BCUT2D eigenvalue weighted by Crippen LogP contribution is 2.29. The highest BCUT2D eigenvalue weighted by atomic mass is 32.1. The van der Waals surface area contributed by atoms with Crippen LogP contribution in [0.4, 0.5) is 0 Å². The first kappa shape index (κ1) is 18.2. The van der Waals surface area contributed by atoms with Gasteiger partial charge in [-0.05, 0) is 61.7 Å². The molecule has 27 heavy (non-hydrogen) atoms. The summed E-state index contributed by atoms with van der Waals surface area (Å²) in [4.78, 5) is 2.48. The second kappa shape index (κ2) is 7.82. The average Bonchev–Trinajstić information content (AvgIpc) is 3.30. The molecule has 0 spiro atoms. The van der Waals surface area contributed by atoms with Gasteiger partial charge in [0.05, 0.1) is 12.9 Å². The smallest absolute Gasteiger partial charge is 0.199 e. The molecule has 1 saturated carbocycles. The van der Waals surface area contributed by atoms with E-state index in [0.29, 0.717) is 12.7 Å². The van der Waals surface area contributed by atoms with Gasteiger partial charge in [0, 0.05) is 19.1 Å². The van der Waals surface area contributed by atoms with E-state index in [2.05, 4.69) is 43.0 Å². The minimum absolute atomic E-state index is 0.622. The first-order valence-corrected chi connectivity index (χ1v) is 10.1. The van der Waals surface area contributed by atoms with E-state index in [0.717, 1.165) is 35.9 Å². The van der Waals surface area contributed by atoms with Gasteiger partial charge in [-0.2, -0.15) is 0 Å². The molecule has 142 valence electrons. The summed E-state index contributed by atoms with van der Waals surface area (Å²) in [6.45, 7) is 6.68. The summed E-state index contributed by atoms with van der Waals surface area (Å²) in [5.41, 5.74) is 2.72. The number of hydrogen-bond acceptors (Lipinski definition) is 4. The summed E-state index contributed by atoms with van der Waals surface area (Å²) >= 11 is 5.70. The van der Waals surface area contributed by atoms with Crippen molar-refractivity contribution in [2.75, 3.05) is 0 Å². The predicted octanol–water partition coefficient (Wildman–Crippen LogP) is 4.88. The maximum absolute atomic E-state index is 5.70. The van der Waals surface area contributed by atoms with Crippen LogP contribution < -0.4 is 0 Å². The van der Waals surface area contributed by atoms with Crippen LogP contribution in [0.25, 0.3) is 11.6 Å². The van der Waals surface area contributed by atoms with E-state index in [9.17, 15) is 0 Å². The zero-order chi connectivity index (χ0) is 18.8. The molecule has 1 aromatic carbocycles. The molecular weight excluding hydrogens is 356 g/mol. The van der Waals surface area contributed by atoms with Crippen molar-refractivity contribution < 1.29 is 4.42 Å². The largest absolute Gasteiger partial charge is 0.461 e. The van der Waals surface area contributed by atoms with Crippen LogP contribution in [0.15, 0.2) is 47.1 Å². The van der Waals surface area contributed by atoms with Crippen molar-refractivity contribution in [3.8, 4) is 11.6 Å². The van der Waals surface area contributed by atoms with Gasteiger partial charge in [-0.15, -0.1) is 5.10 Å². The average molecular weight is 383 g/mol. The quantitative estimate of drug-likeness (QED) is 0.521. The molecule has 6 heteroatoms. The van der Waals surface area contributed by atoms with Gasteiger partial charge in [-0.3, -0.25) is 9.47 Å². The summed E-state index contributed by atoms with van der Waals surface area (Å²) in [5.74, 6) is 1.56. The fraction of sp³-hybridized carbons (Fsp3) is 0.429. The van der Waals surface area contributed by atoms with Crippen LogP contribution >= 0.6 is 12.2 Å². The minimum atomic E-state index is 0.622. The van der Waals surface area contributed by atoms with Crippen LogP contribution in [-0.4, -0.2) is 25.3 Å². The highest BCUT2D eigenvalue weighted by Gasteiger charge is 2.30. The molecular formula is C21H26N4OS. The Morgan fingerprint density at radius 1 is 1.15 bits per heavy atom. The second-order valence-electron chi connectivity index (χ2n) is 7.12. The molecule has 0 aliphatic heterocycles. The van der Waals surface area contributed by atoms with Crippen molar-refractivity contribution in [2.24, 2.45) is 0 Å². The predicted molar refractivity (Wildman–Crippen MR) is 109 cm³/mol. The Balaban J connectivity index is 1.58. The Labute approximate surface area is 165 Å². The third-order valence-corrected chi connectivity index (χ3v) is 5.61.